The van der Waals surface area contributed by atoms with Crippen molar-refractivity contribution in [3.63, 3.8) is 0 Å². The van der Waals surface area contributed by atoms with Gasteiger partial charge in [0.1, 0.15) is 5.92 Å². The average Bonchev–Trinajstić information content (AvgIpc) is 2.97. The van der Waals surface area contributed by atoms with Crippen LogP contribution in [0.1, 0.15) is 12.5 Å². The molecule has 0 fully saturated rings. The number of carbonyl (C=O) groups excluding carboxylic acids is 2. The van der Waals surface area contributed by atoms with Gasteiger partial charge in [-0.15, -0.1) is 0 Å². The van der Waals surface area contributed by atoms with Crippen molar-refractivity contribution in [2.75, 3.05) is 37.4 Å². The minimum Gasteiger partial charge on any atom is -0.325 e. The normalized spacial score (nSPS) is 16.4. The van der Waals surface area contributed by atoms with Crippen molar-refractivity contribution in [2.45, 2.75) is 13.3 Å². The highest BCUT2D eigenvalue weighted by atomic mass is 32.1. The summed E-state index contributed by atoms with van der Waals surface area (Å²) in [5.74, 6) is -1.04. The van der Waals surface area contributed by atoms with Gasteiger partial charge in [-0.1, -0.05) is 11.3 Å². The highest BCUT2D eigenvalue weighted by Crippen LogP contribution is 2.37. The van der Waals surface area contributed by atoms with Gasteiger partial charge in [0.05, 0.1) is 16.3 Å². The van der Waals surface area contributed by atoms with E-state index < -0.39 is 5.92 Å². The van der Waals surface area contributed by atoms with Crippen LogP contribution in [0.15, 0.2) is 12.1 Å². The summed E-state index contributed by atoms with van der Waals surface area (Å²) < 4.78 is 0.942. The van der Waals surface area contributed by atoms with Gasteiger partial charge in [-0.3, -0.25) is 14.5 Å². The second-order valence-corrected chi connectivity index (χ2v) is 7.29. The second kappa shape index (κ2) is 6.78. The Hall–Kier alpha value is -2.50. The smallest absolute Gasteiger partial charge is 0.242 e. The van der Waals surface area contributed by atoms with Gasteiger partial charge in [0.2, 0.25) is 11.8 Å². The molecule has 25 heavy (non-hydrogen) atoms. The third kappa shape index (κ3) is 3.34. The van der Waals surface area contributed by atoms with Crippen LogP contribution in [0.4, 0.5) is 10.8 Å². The minimum absolute atomic E-state index is 0.0574. The number of aromatic nitrogens is 1. The molecular weight excluding hydrogens is 338 g/mol. The summed E-state index contributed by atoms with van der Waals surface area (Å²) in [6, 6.07) is 5.77. The molecule has 1 aliphatic rings. The number of hydrogen-bond acceptors (Lipinski definition) is 6. The quantitative estimate of drug-likeness (QED) is 0.902. The first-order chi connectivity index (χ1) is 11.9. The molecule has 1 N–H and O–H groups in total. The van der Waals surface area contributed by atoms with E-state index >= 15 is 0 Å². The Morgan fingerprint density at radius 2 is 2.20 bits per heavy atom. The summed E-state index contributed by atoms with van der Waals surface area (Å²) in [6.07, 6.45) is 0.343. The number of carbonyl (C=O) groups is 2. The van der Waals surface area contributed by atoms with Gasteiger partial charge in [0.15, 0.2) is 5.13 Å². The highest BCUT2D eigenvalue weighted by Gasteiger charge is 2.29. The van der Waals surface area contributed by atoms with Gasteiger partial charge in [-0.2, -0.15) is 5.26 Å². The molecule has 2 aromatic rings. The highest BCUT2D eigenvalue weighted by molar-refractivity contribution is 7.22. The van der Waals surface area contributed by atoms with E-state index in [0.29, 0.717) is 23.8 Å². The van der Waals surface area contributed by atoms with E-state index in [1.165, 1.54) is 18.3 Å². The van der Waals surface area contributed by atoms with Crippen molar-refractivity contribution in [3.8, 4) is 6.07 Å². The molecule has 130 valence electrons. The zero-order valence-electron chi connectivity index (χ0n) is 14.4. The zero-order chi connectivity index (χ0) is 18.1. The van der Waals surface area contributed by atoms with Gasteiger partial charge < -0.3 is 10.2 Å². The van der Waals surface area contributed by atoms with Gasteiger partial charge in [0, 0.05) is 37.7 Å². The second-order valence-electron chi connectivity index (χ2n) is 6.28. The molecule has 0 saturated carbocycles. The Balaban J connectivity index is 2.01. The van der Waals surface area contributed by atoms with Crippen LogP contribution in [0, 0.1) is 17.2 Å². The summed E-state index contributed by atoms with van der Waals surface area (Å²) in [5, 5.41) is 12.6. The number of hydrogen-bond donors (Lipinski definition) is 1. The molecule has 8 heteroatoms. The lowest BCUT2D eigenvalue weighted by Crippen LogP contribution is -2.35. The monoisotopic (exact) mass is 357 g/mol. The van der Waals surface area contributed by atoms with E-state index in [4.69, 9.17) is 5.26 Å². The van der Waals surface area contributed by atoms with Gasteiger partial charge in [-0.25, -0.2) is 4.98 Å². The van der Waals surface area contributed by atoms with Gasteiger partial charge >= 0.3 is 0 Å². The molecule has 0 spiro atoms. The number of nitrogens with one attached hydrogen (secondary N) is 1. The molecule has 2 heterocycles. The van der Waals surface area contributed by atoms with Crippen molar-refractivity contribution in [1.29, 1.82) is 5.26 Å². The van der Waals surface area contributed by atoms with Gasteiger partial charge in [0.25, 0.3) is 0 Å². The molecule has 0 aliphatic carbocycles. The van der Waals surface area contributed by atoms with Crippen LogP contribution in [0.3, 0.4) is 0 Å². The summed E-state index contributed by atoms with van der Waals surface area (Å²) in [7, 11) is 3.91. The van der Waals surface area contributed by atoms with Crippen LogP contribution in [0.2, 0.25) is 0 Å². The third-order valence-corrected chi connectivity index (χ3v) is 5.22. The van der Waals surface area contributed by atoms with Crippen molar-refractivity contribution in [3.05, 3.63) is 17.7 Å². The Morgan fingerprint density at radius 1 is 1.44 bits per heavy atom. The van der Waals surface area contributed by atoms with E-state index in [1.54, 1.807) is 4.90 Å². The lowest BCUT2D eigenvalue weighted by Gasteiger charge is -2.21. The fourth-order valence-electron chi connectivity index (χ4n) is 2.78. The van der Waals surface area contributed by atoms with Crippen LogP contribution in [-0.4, -0.2) is 48.9 Å². The summed E-state index contributed by atoms with van der Waals surface area (Å²) >= 11 is 1.45. The topological polar surface area (TPSA) is 89.3 Å². The first kappa shape index (κ1) is 17.3. The minimum atomic E-state index is -0.707. The van der Waals surface area contributed by atoms with E-state index in [9.17, 15) is 9.59 Å². The number of amides is 2. The number of nitriles is 1. The molecular formula is C17H19N5O2S. The van der Waals surface area contributed by atoms with E-state index in [-0.39, 0.29) is 11.8 Å². The molecule has 1 atom stereocenters. The Bertz CT molecular complexity index is 883. The molecule has 0 bridgehead atoms. The number of anilines is 2. The van der Waals surface area contributed by atoms with Crippen LogP contribution in [0.25, 0.3) is 10.2 Å². The molecule has 7 nitrogen and oxygen atoms in total. The maximum absolute atomic E-state index is 12.0. The zero-order valence-corrected chi connectivity index (χ0v) is 15.2. The Labute approximate surface area is 149 Å². The van der Waals surface area contributed by atoms with Crippen LogP contribution < -0.4 is 10.2 Å². The molecule has 0 saturated heterocycles. The van der Waals surface area contributed by atoms with Crippen molar-refractivity contribution >= 4 is 44.2 Å². The lowest BCUT2D eigenvalue weighted by molar-refractivity contribution is -0.118. The van der Waals surface area contributed by atoms with Gasteiger partial charge in [-0.05, 0) is 26.2 Å². The molecule has 1 aliphatic heterocycles. The van der Waals surface area contributed by atoms with Crippen LogP contribution >= 0.6 is 11.3 Å². The molecule has 0 radical (unpaired) electrons. The molecule has 2 amide bonds. The van der Waals surface area contributed by atoms with Crippen molar-refractivity contribution in [2.24, 2.45) is 5.92 Å². The maximum atomic E-state index is 12.0. The summed E-state index contributed by atoms with van der Waals surface area (Å²) in [5.41, 5.74) is 2.32. The molecule has 1 unspecified atom stereocenters. The maximum Gasteiger partial charge on any atom is 0.242 e. The summed E-state index contributed by atoms with van der Waals surface area (Å²) in [6.45, 7) is 2.82. The fourth-order valence-corrected chi connectivity index (χ4v) is 3.85. The van der Waals surface area contributed by atoms with Crippen LogP contribution in [0.5, 0.6) is 0 Å². The largest absolute Gasteiger partial charge is 0.325 e. The lowest BCUT2D eigenvalue weighted by atomic mass is 9.93. The number of fused-ring (bicyclic) bond motifs is 3. The standard InChI is InChI=1S/C17H19N5O2S/c1-10(23)22(7-6-21(2)3)17-20-15-12-8-11(9-18)16(24)19-13(12)4-5-14(15)25-17/h4-5,11H,6-8H2,1-3H3,(H,19,24). The molecule has 1 aromatic heterocycles. The van der Waals surface area contributed by atoms with Crippen LogP contribution in [-0.2, 0) is 16.0 Å². The van der Waals surface area contributed by atoms with Crippen molar-refractivity contribution in [1.82, 2.24) is 9.88 Å². The van der Waals surface area contributed by atoms with E-state index in [1.807, 2.05) is 37.2 Å². The fraction of sp³-hybridized carbons (Fsp3) is 0.412. The number of nitrogens with zero attached hydrogens (tertiary/aromatic N) is 4. The first-order valence-electron chi connectivity index (χ1n) is 7.96. The first-order valence-corrected chi connectivity index (χ1v) is 8.78. The predicted octanol–water partition coefficient (Wildman–Crippen LogP) is 1.85. The third-order valence-electron chi connectivity index (χ3n) is 4.17. The Morgan fingerprint density at radius 3 is 2.84 bits per heavy atom. The predicted molar refractivity (Wildman–Crippen MR) is 97.6 cm³/mol. The number of likely N-dealkylation sites (N-methyl/N-ethyl adjacent to an activating group) is 1. The number of benzene rings is 1. The SMILES string of the molecule is CC(=O)N(CCN(C)C)c1nc2c3c(ccc2s1)NC(=O)C(C#N)C3. The summed E-state index contributed by atoms with van der Waals surface area (Å²) in [4.78, 5) is 32.2. The average molecular weight is 357 g/mol. The van der Waals surface area contributed by atoms with Crippen molar-refractivity contribution < 1.29 is 9.59 Å². The molecule has 3 rings (SSSR count). The number of rotatable bonds is 4. The molecule has 1 aromatic carbocycles. The Kier molecular flexibility index (Phi) is 4.70. The van der Waals surface area contributed by atoms with E-state index in [2.05, 4.69) is 10.3 Å². The number of thiazole rings is 1. The van der Waals surface area contributed by atoms with E-state index in [0.717, 1.165) is 22.3 Å².